The molecule has 0 saturated carbocycles. The topological polar surface area (TPSA) is 155 Å². The first-order chi connectivity index (χ1) is 24.6. The lowest BCUT2D eigenvalue weighted by Crippen LogP contribution is -1.93. The summed E-state index contributed by atoms with van der Waals surface area (Å²) in [5, 5.41) is 23.8. The number of hydrogen-bond acceptors (Lipinski definition) is 6. The maximum Gasteiger partial charge on any atom is 0.142 e. The number of fused-ring (bicyclic) bond motifs is 4. The molecule has 10 heteroatoms. The first kappa shape index (κ1) is 27.9. The third-order valence-electron chi connectivity index (χ3n) is 9.13. The van der Waals surface area contributed by atoms with Gasteiger partial charge in [0, 0.05) is 0 Å². The van der Waals surface area contributed by atoms with Crippen molar-refractivity contribution in [3.8, 4) is 68.2 Å². The standard InChI is InChI=1S/C40H26N8O2/c49-35-23(37-41-27-9-1-2-10-28(27)42-37)17-21(18-24(35)38-43-29-11-3-4-12-30(29)44-38)22-19-25(39-45-31-13-5-6-14-32(31)46-39)36(50)26(20-22)40-47-33-15-7-8-16-34(33)48-40/h1-20,49-50H,(H,41,42)(H,43,44)(H,45,46)(H,47,48). The number of imidazole rings is 4. The van der Waals surface area contributed by atoms with Gasteiger partial charge in [0.05, 0.1) is 66.4 Å². The molecule has 4 heterocycles. The minimum Gasteiger partial charge on any atom is -0.506 e. The van der Waals surface area contributed by atoms with Crippen molar-refractivity contribution in [3.63, 3.8) is 0 Å². The number of para-hydroxylation sites is 8. The lowest BCUT2D eigenvalue weighted by atomic mass is 9.94. The molecular formula is C40H26N8O2. The second-order valence-corrected chi connectivity index (χ2v) is 12.3. The van der Waals surface area contributed by atoms with Crippen LogP contribution < -0.4 is 0 Å². The molecule has 4 aromatic heterocycles. The molecule has 10 nitrogen and oxygen atoms in total. The van der Waals surface area contributed by atoms with Crippen molar-refractivity contribution in [2.24, 2.45) is 0 Å². The number of nitrogens with one attached hydrogen (secondary N) is 4. The number of aromatic hydroxyl groups is 2. The fraction of sp³-hybridized carbons (Fsp3) is 0. The molecule has 0 unspecified atom stereocenters. The van der Waals surface area contributed by atoms with Crippen LogP contribution in [0.5, 0.6) is 11.5 Å². The Morgan fingerprint density at radius 1 is 0.340 bits per heavy atom. The molecule has 10 rings (SSSR count). The van der Waals surface area contributed by atoms with Crippen LogP contribution in [0.3, 0.4) is 0 Å². The zero-order valence-corrected chi connectivity index (χ0v) is 26.2. The van der Waals surface area contributed by atoms with Crippen LogP contribution in [-0.2, 0) is 0 Å². The highest BCUT2D eigenvalue weighted by molar-refractivity contribution is 5.93. The van der Waals surface area contributed by atoms with Gasteiger partial charge in [-0.1, -0.05) is 48.5 Å². The average molecular weight is 651 g/mol. The van der Waals surface area contributed by atoms with Gasteiger partial charge in [-0.05, 0) is 83.9 Å². The molecule has 0 amide bonds. The van der Waals surface area contributed by atoms with E-state index in [1.165, 1.54) is 0 Å². The van der Waals surface area contributed by atoms with Gasteiger partial charge in [-0.2, -0.15) is 0 Å². The molecule has 6 N–H and O–H groups in total. The number of aromatic nitrogens is 8. The van der Waals surface area contributed by atoms with E-state index in [1.54, 1.807) is 0 Å². The number of hydrogen-bond donors (Lipinski definition) is 6. The SMILES string of the molecule is Oc1c(-c2nc3ccccc3[nH]2)cc(-c2cc(-c3nc4ccccc4[nH]3)c(O)c(-c3nc4ccccc4[nH]3)c2)cc1-c1nc2ccccc2[nH]1. The summed E-state index contributed by atoms with van der Waals surface area (Å²) in [6.45, 7) is 0. The van der Waals surface area contributed by atoms with Crippen molar-refractivity contribution >= 4 is 44.1 Å². The molecular weight excluding hydrogens is 624 g/mol. The number of rotatable bonds is 5. The molecule has 0 spiro atoms. The van der Waals surface area contributed by atoms with Crippen LogP contribution in [-0.4, -0.2) is 50.1 Å². The maximum absolute atomic E-state index is 11.9. The van der Waals surface area contributed by atoms with Crippen LogP contribution in [0.25, 0.3) is 101 Å². The highest BCUT2D eigenvalue weighted by Gasteiger charge is 2.23. The summed E-state index contributed by atoms with van der Waals surface area (Å²) < 4.78 is 0. The summed E-state index contributed by atoms with van der Waals surface area (Å²) >= 11 is 0. The molecule has 0 aliphatic heterocycles. The number of H-pyrrole nitrogens is 4. The lowest BCUT2D eigenvalue weighted by molar-refractivity contribution is 0.478. The van der Waals surface area contributed by atoms with Gasteiger partial charge in [-0.25, -0.2) is 19.9 Å². The third-order valence-corrected chi connectivity index (χ3v) is 9.13. The molecule has 0 saturated heterocycles. The molecule has 0 fully saturated rings. The monoisotopic (exact) mass is 650 g/mol. The zero-order chi connectivity index (χ0) is 33.3. The summed E-state index contributed by atoms with van der Waals surface area (Å²) in [5.41, 5.74) is 10.0. The Balaban J connectivity index is 1.25. The summed E-state index contributed by atoms with van der Waals surface area (Å²) in [4.78, 5) is 32.8. The van der Waals surface area contributed by atoms with Crippen molar-refractivity contribution in [1.82, 2.24) is 39.9 Å². The Morgan fingerprint density at radius 2 is 0.580 bits per heavy atom. The Hall–Kier alpha value is -7.20. The van der Waals surface area contributed by atoms with Gasteiger partial charge in [-0.3, -0.25) is 0 Å². The van der Waals surface area contributed by atoms with Gasteiger partial charge in [0.2, 0.25) is 0 Å². The van der Waals surface area contributed by atoms with Gasteiger partial charge in [0.25, 0.3) is 0 Å². The fourth-order valence-corrected chi connectivity index (χ4v) is 6.65. The Morgan fingerprint density at radius 3 is 0.820 bits per heavy atom. The van der Waals surface area contributed by atoms with E-state index >= 15 is 0 Å². The molecule has 0 aliphatic rings. The van der Waals surface area contributed by atoms with Crippen molar-refractivity contribution in [1.29, 1.82) is 0 Å². The van der Waals surface area contributed by atoms with Gasteiger partial charge in [0.1, 0.15) is 34.8 Å². The molecule has 10 aromatic rings. The van der Waals surface area contributed by atoms with Crippen LogP contribution in [0.1, 0.15) is 0 Å². The van der Waals surface area contributed by atoms with Crippen LogP contribution in [0, 0.1) is 0 Å². The lowest BCUT2D eigenvalue weighted by Gasteiger charge is -2.14. The smallest absolute Gasteiger partial charge is 0.142 e. The Labute approximate surface area is 283 Å². The van der Waals surface area contributed by atoms with Gasteiger partial charge in [0.15, 0.2) is 0 Å². The van der Waals surface area contributed by atoms with Crippen LogP contribution in [0.4, 0.5) is 0 Å². The molecule has 6 aromatic carbocycles. The number of phenolic OH excluding ortho intramolecular Hbond substituents is 2. The summed E-state index contributed by atoms with van der Waals surface area (Å²) in [7, 11) is 0. The highest BCUT2D eigenvalue weighted by Crippen LogP contribution is 2.45. The third kappa shape index (κ3) is 4.43. The molecule has 238 valence electrons. The predicted octanol–water partition coefficient (Wildman–Crippen LogP) is 8.94. The van der Waals surface area contributed by atoms with Crippen molar-refractivity contribution in [3.05, 3.63) is 121 Å². The number of nitrogens with zero attached hydrogens (tertiary/aromatic N) is 4. The first-order valence-corrected chi connectivity index (χ1v) is 16.1. The van der Waals surface area contributed by atoms with E-state index in [2.05, 4.69) is 19.9 Å². The van der Waals surface area contributed by atoms with E-state index in [-0.39, 0.29) is 11.5 Å². The molecule has 0 atom stereocenters. The number of benzene rings is 6. The first-order valence-electron chi connectivity index (χ1n) is 16.1. The summed E-state index contributed by atoms with van der Waals surface area (Å²) in [6, 6.07) is 38.6. The van der Waals surface area contributed by atoms with Crippen molar-refractivity contribution in [2.75, 3.05) is 0 Å². The second-order valence-electron chi connectivity index (χ2n) is 12.3. The van der Waals surface area contributed by atoms with Crippen LogP contribution in [0.15, 0.2) is 121 Å². The Bertz CT molecular complexity index is 2410. The van der Waals surface area contributed by atoms with E-state index in [4.69, 9.17) is 19.9 Å². The normalized spacial score (nSPS) is 11.8. The van der Waals surface area contributed by atoms with Gasteiger partial charge in [-0.15, -0.1) is 0 Å². The van der Waals surface area contributed by atoms with E-state index in [0.29, 0.717) is 45.6 Å². The minimum atomic E-state index is 0.0284. The van der Waals surface area contributed by atoms with Gasteiger partial charge < -0.3 is 30.1 Å². The van der Waals surface area contributed by atoms with E-state index in [9.17, 15) is 10.2 Å². The van der Waals surface area contributed by atoms with E-state index in [1.807, 2.05) is 121 Å². The zero-order valence-electron chi connectivity index (χ0n) is 26.2. The summed E-state index contributed by atoms with van der Waals surface area (Å²) in [5.74, 6) is 2.10. The molecule has 50 heavy (non-hydrogen) atoms. The summed E-state index contributed by atoms with van der Waals surface area (Å²) in [6.07, 6.45) is 0. The van der Waals surface area contributed by atoms with Crippen molar-refractivity contribution in [2.45, 2.75) is 0 Å². The minimum absolute atomic E-state index is 0.0284. The second kappa shape index (κ2) is 10.7. The largest absolute Gasteiger partial charge is 0.506 e. The van der Waals surface area contributed by atoms with E-state index < -0.39 is 0 Å². The number of phenols is 2. The molecule has 0 bridgehead atoms. The average Bonchev–Trinajstić information content (AvgIpc) is 3.95. The molecule has 0 aliphatic carbocycles. The van der Waals surface area contributed by atoms with Crippen LogP contribution in [0.2, 0.25) is 0 Å². The maximum atomic E-state index is 11.9. The van der Waals surface area contributed by atoms with E-state index in [0.717, 1.165) is 55.3 Å². The quantitative estimate of drug-likeness (QED) is 0.109. The van der Waals surface area contributed by atoms with Gasteiger partial charge >= 0.3 is 0 Å². The number of aromatic amines is 4. The fourth-order valence-electron chi connectivity index (χ4n) is 6.65. The van der Waals surface area contributed by atoms with Crippen molar-refractivity contribution < 1.29 is 10.2 Å². The highest BCUT2D eigenvalue weighted by atomic mass is 16.3. The molecule has 0 radical (unpaired) electrons. The Kier molecular flexibility index (Phi) is 5.94. The van der Waals surface area contributed by atoms with Crippen LogP contribution >= 0.6 is 0 Å². The predicted molar refractivity (Wildman–Crippen MR) is 196 cm³/mol.